The van der Waals surface area contributed by atoms with Crippen LogP contribution in [0.3, 0.4) is 0 Å². The van der Waals surface area contributed by atoms with E-state index in [1.165, 1.54) is 0 Å². The number of H-pyrrole nitrogens is 1. The monoisotopic (exact) mass is 401 g/mol. The molecule has 3 heterocycles. The van der Waals surface area contributed by atoms with Gasteiger partial charge in [0, 0.05) is 19.2 Å². The van der Waals surface area contributed by atoms with Gasteiger partial charge in [0.1, 0.15) is 23.2 Å². The first-order valence-electron chi connectivity index (χ1n) is 9.67. The van der Waals surface area contributed by atoms with Gasteiger partial charge in [-0.1, -0.05) is 6.07 Å². The Morgan fingerprint density at radius 3 is 2.59 bits per heavy atom. The van der Waals surface area contributed by atoms with E-state index in [9.17, 15) is 14.7 Å². The van der Waals surface area contributed by atoms with Crippen LogP contribution in [0.25, 0.3) is 0 Å². The van der Waals surface area contributed by atoms with E-state index in [1.54, 1.807) is 35.4 Å². The van der Waals surface area contributed by atoms with E-state index in [-0.39, 0.29) is 12.0 Å². The minimum atomic E-state index is -0.910. The Kier molecular flexibility index (Phi) is 6.05. The number of likely N-dealkylation sites (tertiary alicyclic amines) is 1. The van der Waals surface area contributed by atoms with E-state index in [4.69, 9.17) is 4.74 Å². The summed E-state index contributed by atoms with van der Waals surface area (Å²) in [5.74, 6) is -0.538. The number of ether oxygens (including phenoxy) is 1. The van der Waals surface area contributed by atoms with Gasteiger partial charge in [0.15, 0.2) is 0 Å². The summed E-state index contributed by atoms with van der Waals surface area (Å²) in [6, 6.07) is 7.05. The summed E-state index contributed by atoms with van der Waals surface area (Å²) in [6.07, 6.45) is 2.42. The van der Waals surface area contributed by atoms with Crippen LogP contribution in [0.15, 0.2) is 30.5 Å². The van der Waals surface area contributed by atoms with Gasteiger partial charge in [0.2, 0.25) is 0 Å². The average molecular weight is 401 g/mol. The molecule has 2 aromatic rings. The fraction of sp³-hybridized carbons (Fsp3) is 0.500. The molecule has 0 unspecified atom stereocenters. The second kappa shape index (κ2) is 8.50. The van der Waals surface area contributed by atoms with Crippen molar-refractivity contribution in [1.82, 2.24) is 20.1 Å². The van der Waals surface area contributed by atoms with Crippen LogP contribution in [-0.2, 0) is 9.53 Å². The number of nitrogens with zero attached hydrogens (tertiary/aromatic N) is 3. The summed E-state index contributed by atoms with van der Waals surface area (Å²) in [6.45, 7) is 6.42. The zero-order valence-electron chi connectivity index (χ0n) is 16.9. The minimum Gasteiger partial charge on any atom is -0.481 e. The van der Waals surface area contributed by atoms with Crippen LogP contribution in [0.2, 0.25) is 0 Å². The molecule has 3 rings (SSSR count). The Hall–Kier alpha value is -3.10. The van der Waals surface area contributed by atoms with Gasteiger partial charge in [0.05, 0.1) is 11.9 Å². The molecule has 156 valence electrons. The number of piperidine rings is 1. The summed E-state index contributed by atoms with van der Waals surface area (Å²) >= 11 is 0. The first-order valence-corrected chi connectivity index (χ1v) is 9.67. The van der Waals surface area contributed by atoms with Gasteiger partial charge >= 0.3 is 12.1 Å². The lowest BCUT2D eigenvalue weighted by Crippen LogP contribution is -2.43. The van der Waals surface area contributed by atoms with Crippen LogP contribution in [0.4, 0.5) is 16.4 Å². The number of anilines is 2. The number of aliphatic carboxylic acids is 1. The van der Waals surface area contributed by atoms with Crippen LogP contribution in [0, 0.1) is 5.92 Å². The molecule has 3 N–H and O–H groups in total. The van der Waals surface area contributed by atoms with Crippen molar-refractivity contribution < 1.29 is 19.4 Å². The van der Waals surface area contributed by atoms with Crippen molar-refractivity contribution >= 4 is 23.7 Å². The van der Waals surface area contributed by atoms with Crippen molar-refractivity contribution in [3.63, 3.8) is 0 Å². The first kappa shape index (κ1) is 20.6. The number of hydrogen-bond acceptors (Lipinski definition) is 6. The number of aromatic amines is 1. The van der Waals surface area contributed by atoms with Crippen LogP contribution in [0.5, 0.6) is 0 Å². The Morgan fingerprint density at radius 2 is 2.00 bits per heavy atom. The maximum absolute atomic E-state index is 12.2. The third-order valence-electron chi connectivity index (χ3n) is 4.78. The summed E-state index contributed by atoms with van der Waals surface area (Å²) in [4.78, 5) is 30.4. The molecule has 9 heteroatoms. The van der Waals surface area contributed by atoms with Crippen LogP contribution < -0.4 is 5.32 Å². The molecule has 1 atom stereocenters. The van der Waals surface area contributed by atoms with Crippen LogP contribution in [0.1, 0.15) is 45.2 Å². The molecular formula is C20H27N5O4. The minimum absolute atomic E-state index is 0.110. The lowest BCUT2D eigenvalue weighted by atomic mass is 9.82. The Bertz CT molecular complexity index is 839. The molecule has 1 aliphatic heterocycles. The highest BCUT2D eigenvalue weighted by Crippen LogP contribution is 2.33. The molecule has 0 spiro atoms. The topological polar surface area (TPSA) is 120 Å². The normalized spacial score (nSPS) is 16.3. The van der Waals surface area contributed by atoms with Gasteiger partial charge in [-0.15, -0.1) is 0 Å². The number of carboxylic acid groups (broad SMARTS) is 1. The number of carboxylic acids is 1. The summed E-state index contributed by atoms with van der Waals surface area (Å²) in [5.41, 5.74) is -0.0541. The predicted octanol–water partition coefficient (Wildman–Crippen LogP) is 3.36. The van der Waals surface area contributed by atoms with Gasteiger partial charge in [-0.05, 0) is 51.7 Å². The smallest absolute Gasteiger partial charge is 0.410 e. The molecular weight excluding hydrogens is 374 g/mol. The number of hydrogen-bond donors (Lipinski definition) is 3. The molecule has 0 aliphatic carbocycles. The van der Waals surface area contributed by atoms with E-state index in [1.807, 2.05) is 20.8 Å². The van der Waals surface area contributed by atoms with E-state index in [0.29, 0.717) is 43.3 Å². The first-order chi connectivity index (χ1) is 13.7. The van der Waals surface area contributed by atoms with E-state index in [0.717, 1.165) is 0 Å². The van der Waals surface area contributed by atoms with Crippen molar-refractivity contribution in [2.75, 3.05) is 18.4 Å². The molecule has 29 heavy (non-hydrogen) atoms. The molecule has 0 saturated carbocycles. The molecule has 2 aromatic heterocycles. The highest BCUT2D eigenvalue weighted by atomic mass is 16.6. The van der Waals surface area contributed by atoms with Gasteiger partial charge in [-0.3, -0.25) is 9.89 Å². The zero-order valence-corrected chi connectivity index (χ0v) is 16.9. The highest BCUT2D eigenvalue weighted by Gasteiger charge is 2.35. The van der Waals surface area contributed by atoms with E-state index in [2.05, 4.69) is 20.5 Å². The van der Waals surface area contributed by atoms with Crippen molar-refractivity contribution in [2.24, 2.45) is 5.92 Å². The number of carbonyl (C=O) groups excluding carboxylic acids is 1. The molecule has 0 aromatic carbocycles. The number of nitrogens with one attached hydrogen (secondary N) is 2. The maximum atomic E-state index is 12.2. The molecule has 0 bridgehead atoms. The lowest BCUT2D eigenvalue weighted by molar-refractivity contribution is -0.140. The zero-order chi connectivity index (χ0) is 21.0. The maximum Gasteiger partial charge on any atom is 0.410 e. The quantitative estimate of drug-likeness (QED) is 0.702. The van der Waals surface area contributed by atoms with Gasteiger partial charge < -0.3 is 20.1 Å². The second-order valence-corrected chi connectivity index (χ2v) is 8.16. The molecule has 1 amide bonds. The molecule has 1 aliphatic rings. The second-order valence-electron chi connectivity index (χ2n) is 8.16. The predicted molar refractivity (Wildman–Crippen MR) is 107 cm³/mol. The largest absolute Gasteiger partial charge is 0.481 e. The Labute approximate surface area is 169 Å². The van der Waals surface area contributed by atoms with E-state index >= 15 is 0 Å². The SMILES string of the molecule is CC(C)(C)OC(=O)N1CCC([C@@H](C(=O)O)c2cccc(Nc3ccn[nH]3)n2)CC1. The molecule has 0 radical (unpaired) electrons. The van der Waals surface area contributed by atoms with Gasteiger partial charge in [0.25, 0.3) is 0 Å². The summed E-state index contributed by atoms with van der Waals surface area (Å²) < 4.78 is 5.41. The number of rotatable bonds is 5. The van der Waals surface area contributed by atoms with E-state index < -0.39 is 17.5 Å². The number of amides is 1. The number of carbonyl (C=O) groups is 2. The van der Waals surface area contributed by atoms with Gasteiger partial charge in [-0.2, -0.15) is 5.10 Å². The third kappa shape index (κ3) is 5.46. The fourth-order valence-corrected chi connectivity index (χ4v) is 3.47. The van der Waals surface area contributed by atoms with Crippen molar-refractivity contribution in [2.45, 2.75) is 45.1 Å². The summed E-state index contributed by atoms with van der Waals surface area (Å²) in [5, 5.41) is 19.6. The Morgan fingerprint density at radius 1 is 1.28 bits per heavy atom. The molecule has 9 nitrogen and oxygen atoms in total. The molecule has 1 fully saturated rings. The van der Waals surface area contributed by atoms with Crippen molar-refractivity contribution in [3.8, 4) is 0 Å². The Balaban J connectivity index is 1.68. The van der Waals surface area contributed by atoms with Crippen molar-refractivity contribution in [1.29, 1.82) is 0 Å². The number of aromatic nitrogens is 3. The number of pyridine rings is 1. The highest BCUT2D eigenvalue weighted by molar-refractivity contribution is 5.76. The van der Waals surface area contributed by atoms with Crippen LogP contribution >= 0.6 is 0 Å². The van der Waals surface area contributed by atoms with Gasteiger partial charge in [-0.25, -0.2) is 9.78 Å². The summed E-state index contributed by atoms with van der Waals surface area (Å²) in [7, 11) is 0. The van der Waals surface area contributed by atoms with Crippen LogP contribution in [-0.4, -0.2) is 55.9 Å². The average Bonchev–Trinajstić information content (AvgIpc) is 3.14. The third-order valence-corrected chi connectivity index (χ3v) is 4.78. The lowest BCUT2D eigenvalue weighted by Gasteiger charge is -2.35. The fourth-order valence-electron chi connectivity index (χ4n) is 3.47. The van der Waals surface area contributed by atoms with Crippen molar-refractivity contribution in [3.05, 3.63) is 36.2 Å². The standard InChI is InChI=1S/C20H27N5O4/c1-20(2,3)29-19(28)25-11-8-13(9-12-25)17(18(26)27)14-5-4-6-15(22-14)23-16-7-10-21-24-16/h4-7,10,13,17H,8-9,11-12H2,1-3H3,(H,26,27)(H2,21,22,23,24)/t17-/m1/s1. The molecule has 1 saturated heterocycles.